The second-order valence-corrected chi connectivity index (χ2v) is 7.09. The summed E-state index contributed by atoms with van der Waals surface area (Å²) in [7, 11) is 3.91. The number of hydrogen-bond donors (Lipinski definition) is 1. The van der Waals surface area contributed by atoms with Crippen molar-refractivity contribution in [1.29, 1.82) is 0 Å². The molecule has 8 heteroatoms. The van der Waals surface area contributed by atoms with Crippen molar-refractivity contribution in [3.63, 3.8) is 0 Å². The molecule has 2 rings (SSSR count). The normalized spacial score (nSPS) is 12.4. The fourth-order valence-electron chi connectivity index (χ4n) is 2.11. The van der Waals surface area contributed by atoms with Crippen molar-refractivity contribution in [2.45, 2.75) is 13.0 Å². The predicted octanol–water partition coefficient (Wildman–Crippen LogP) is 3.06. The van der Waals surface area contributed by atoms with Gasteiger partial charge in [0.15, 0.2) is 0 Å². The Morgan fingerprint density at radius 2 is 2.23 bits per heavy atom. The number of rotatable bonds is 6. The van der Waals surface area contributed by atoms with E-state index in [-0.39, 0.29) is 17.6 Å². The minimum absolute atomic E-state index is 0.00264. The van der Waals surface area contributed by atoms with Crippen molar-refractivity contribution in [2.24, 2.45) is 0 Å². The van der Waals surface area contributed by atoms with Gasteiger partial charge in [0.25, 0.3) is 11.6 Å². The van der Waals surface area contributed by atoms with Gasteiger partial charge in [-0.2, -0.15) is 11.3 Å². The maximum absolute atomic E-state index is 12.2. The van der Waals surface area contributed by atoms with Gasteiger partial charge in [-0.3, -0.25) is 14.9 Å². The van der Waals surface area contributed by atoms with E-state index in [0.717, 1.165) is 16.9 Å². The van der Waals surface area contributed by atoms with E-state index in [1.165, 1.54) is 6.07 Å². The molecule has 0 saturated heterocycles. The second-order valence-electron chi connectivity index (χ2n) is 5.06. The monoisotopic (exact) mass is 339 g/mol. The number of likely N-dealkylation sites (N-methyl/N-ethyl adjacent to an activating group) is 1. The number of aryl methyl sites for hydroxylation is 1. The lowest BCUT2D eigenvalue weighted by atomic mass is 10.1. The zero-order valence-electron chi connectivity index (χ0n) is 12.5. The molecule has 0 saturated carbocycles. The van der Waals surface area contributed by atoms with E-state index in [9.17, 15) is 14.9 Å². The molecular formula is C14H17N3O3S2. The number of thiophene rings is 2. The van der Waals surface area contributed by atoms with Crippen LogP contribution in [0.15, 0.2) is 22.9 Å². The Labute approximate surface area is 136 Å². The lowest BCUT2D eigenvalue weighted by Crippen LogP contribution is -2.34. The van der Waals surface area contributed by atoms with Crippen LogP contribution in [0.4, 0.5) is 5.69 Å². The van der Waals surface area contributed by atoms with E-state index in [2.05, 4.69) is 10.7 Å². The Hall–Kier alpha value is -1.77. The van der Waals surface area contributed by atoms with Gasteiger partial charge >= 0.3 is 0 Å². The zero-order valence-corrected chi connectivity index (χ0v) is 14.2. The number of carbonyl (C=O) groups excluding carboxylic acids is 1. The fourth-order valence-corrected chi connectivity index (χ4v) is 3.72. The SMILES string of the molecule is Cc1sc(C(=O)NC[C@@H](c2ccsc2)N(C)C)cc1[N+](=O)[O-]. The number of nitro groups is 1. The second kappa shape index (κ2) is 6.99. The van der Waals surface area contributed by atoms with E-state index >= 15 is 0 Å². The lowest BCUT2D eigenvalue weighted by molar-refractivity contribution is -0.385. The summed E-state index contributed by atoms with van der Waals surface area (Å²) in [5, 5.41) is 17.8. The summed E-state index contributed by atoms with van der Waals surface area (Å²) in [6.45, 7) is 2.10. The smallest absolute Gasteiger partial charge is 0.283 e. The zero-order chi connectivity index (χ0) is 16.3. The Morgan fingerprint density at radius 3 is 2.73 bits per heavy atom. The Bertz CT molecular complexity index is 665. The van der Waals surface area contributed by atoms with Gasteiger partial charge in [0.1, 0.15) is 0 Å². The molecule has 0 aromatic carbocycles. The van der Waals surface area contributed by atoms with Crippen LogP contribution in [0.5, 0.6) is 0 Å². The fraction of sp³-hybridized carbons (Fsp3) is 0.357. The predicted molar refractivity (Wildman–Crippen MR) is 88.8 cm³/mol. The van der Waals surface area contributed by atoms with Crippen molar-refractivity contribution >= 4 is 34.3 Å². The van der Waals surface area contributed by atoms with E-state index in [1.807, 2.05) is 30.4 Å². The van der Waals surface area contributed by atoms with Crippen LogP contribution in [0, 0.1) is 17.0 Å². The molecule has 1 amide bonds. The minimum atomic E-state index is -0.462. The summed E-state index contributed by atoms with van der Waals surface area (Å²) >= 11 is 2.76. The topological polar surface area (TPSA) is 75.5 Å². The highest BCUT2D eigenvalue weighted by molar-refractivity contribution is 7.14. The molecule has 2 aromatic heterocycles. The molecule has 6 nitrogen and oxygen atoms in total. The summed E-state index contributed by atoms with van der Waals surface area (Å²) in [4.78, 5) is 25.5. The quantitative estimate of drug-likeness (QED) is 0.648. The summed E-state index contributed by atoms with van der Waals surface area (Å²) in [6, 6.07) is 3.44. The summed E-state index contributed by atoms with van der Waals surface area (Å²) in [5.74, 6) is -0.275. The lowest BCUT2D eigenvalue weighted by Gasteiger charge is -2.23. The number of nitrogens with zero attached hydrogens (tertiary/aromatic N) is 2. The standard InChI is InChI=1S/C14H17N3O3S2/c1-9-11(17(19)20)6-13(22-9)14(18)15-7-12(16(2)3)10-4-5-21-8-10/h4-6,8,12H,7H2,1-3H3,(H,15,18)/t12-/m0/s1. The Kier molecular flexibility index (Phi) is 5.28. The van der Waals surface area contributed by atoms with Crippen LogP contribution >= 0.6 is 22.7 Å². The highest BCUT2D eigenvalue weighted by atomic mass is 32.1. The minimum Gasteiger partial charge on any atom is -0.349 e. The van der Waals surface area contributed by atoms with Gasteiger partial charge in [0.05, 0.1) is 20.7 Å². The largest absolute Gasteiger partial charge is 0.349 e. The van der Waals surface area contributed by atoms with Gasteiger partial charge < -0.3 is 10.2 Å². The van der Waals surface area contributed by atoms with E-state index < -0.39 is 4.92 Å². The average molecular weight is 339 g/mol. The van der Waals surface area contributed by atoms with Crippen LogP contribution in [0.3, 0.4) is 0 Å². The van der Waals surface area contributed by atoms with Gasteiger partial charge in [0.2, 0.25) is 0 Å². The number of nitrogens with one attached hydrogen (secondary N) is 1. The highest BCUT2D eigenvalue weighted by Crippen LogP contribution is 2.28. The molecule has 22 heavy (non-hydrogen) atoms. The van der Waals surface area contributed by atoms with Crippen LogP contribution in [0.25, 0.3) is 0 Å². The number of carbonyl (C=O) groups is 1. The summed E-state index contributed by atoms with van der Waals surface area (Å²) < 4.78 is 0. The Morgan fingerprint density at radius 1 is 1.50 bits per heavy atom. The van der Waals surface area contributed by atoms with E-state index in [4.69, 9.17) is 0 Å². The third kappa shape index (κ3) is 3.70. The van der Waals surface area contributed by atoms with Gasteiger partial charge in [-0.1, -0.05) is 0 Å². The van der Waals surface area contributed by atoms with E-state index in [1.54, 1.807) is 18.3 Å². The molecule has 1 N–H and O–H groups in total. The molecule has 0 radical (unpaired) electrons. The first-order valence-corrected chi connectivity index (χ1v) is 8.37. The van der Waals surface area contributed by atoms with Crippen LogP contribution < -0.4 is 5.32 Å². The van der Waals surface area contributed by atoms with E-state index in [0.29, 0.717) is 16.3 Å². The first-order valence-electron chi connectivity index (χ1n) is 6.61. The molecule has 0 aliphatic carbocycles. The molecule has 0 spiro atoms. The van der Waals surface area contributed by atoms with Crippen molar-refractivity contribution in [2.75, 3.05) is 20.6 Å². The van der Waals surface area contributed by atoms with Gasteiger partial charge in [-0.25, -0.2) is 0 Å². The third-order valence-corrected chi connectivity index (χ3v) is 5.06. The van der Waals surface area contributed by atoms with Crippen molar-refractivity contribution in [3.8, 4) is 0 Å². The first kappa shape index (κ1) is 16.6. The third-order valence-electron chi connectivity index (χ3n) is 3.32. The van der Waals surface area contributed by atoms with Gasteiger partial charge in [-0.15, -0.1) is 11.3 Å². The van der Waals surface area contributed by atoms with Crippen molar-refractivity contribution in [3.05, 3.63) is 48.3 Å². The maximum Gasteiger partial charge on any atom is 0.283 e. The molecule has 0 aliphatic rings. The molecule has 118 valence electrons. The summed E-state index contributed by atoms with van der Waals surface area (Å²) in [6.07, 6.45) is 0. The molecular weight excluding hydrogens is 322 g/mol. The van der Waals surface area contributed by atoms with Gasteiger partial charge in [-0.05, 0) is 43.4 Å². The number of hydrogen-bond acceptors (Lipinski definition) is 6. The average Bonchev–Trinajstić information content (AvgIpc) is 3.07. The van der Waals surface area contributed by atoms with Crippen LogP contribution in [-0.2, 0) is 0 Å². The number of amides is 1. The van der Waals surface area contributed by atoms with Crippen LogP contribution in [0.2, 0.25) is 0 Å². The summed E-state index contributed by atoms with van der Waals surface area (Å²) in [5.41, 5.74) is 1.14. The molecule has 0 aliphatic heterocycles. The highest BCUT2D eigenvalue weighted by Gasteiger charge is 2.21. The maximum atomic E-state index is 12.2. The van der Waals surface area contributed by atoms with Crippen molar-refractivity contribution in [1.82, 2.24) is 10.2 Å². The molecule has 0 fully saturated rings. The molecule has 0 bridgehead atoms. The van der Waals surface area contributed by atoms with Crippen LogP contribution in [0.1, 0.15) is 26.2 Å². The van der Waals surface area contributed by atoms with Crippen molar-refractivity contribution < 1.29 is 9.72 Å². The molecule has 1 atom stereocenters. The van der Waals surface area contributed by atoms with Crippen LogP contribution in [-0.4, -0.2) is 36.4 Å². The molecule has 2 heterocycles. The Balaban J connectivity index is 2.05. The molecule has 2 aromatic rings. The molecule has 0 unspecified atom stereocenters. The van der Waals surface area contributed by atoms with Gasteiger partial charge in [0, 0.05) is 12.6 Å². The first-order chi connectivity index (χ1) is 10.4.